The van der Waals surface area contributed by atoms with Crippen molar-refractivity contribution in [2.75, 3.05) is 7.11 Å². The Balaban J connectivity index is 2.01. The van der Waals surface area contributed by atoms with Gasteiger partial charge in [0, 0.05) is 0 Å². The largest absolute Gasteiger partial charge is 0.497 e. The lowest BCUT2D eigenvalue weighted by Crippen LogP contribution is -2.21. The van der Waals surface area contributed by atoms with E-state index >= 15 is 0 Å². The Bertz CT molecular complexity index is 912. The van der Waals surface area contributed by atoms with Gasteiger partial charge in [-0.25, -0.2) is 14.8 Å². The number of carboxylic acids is 1. The van der Waals surface area contributed by atoms with Gasteiger partial charge < -0.3 is 14.3 Å². The van der Waals surface area contributed by atoms with E-state index in [1.54, 1.807) is 18.2 Å². The van der Waals surface area contributed by atoms with Crippen LogP contribution in [0.4, 0.5) is 0 Å². The van der Waals surface area contributed by atoms with Crippen LogP contribution >= 0.6 is 0 Å². The number of ether oxygens (including phenoxy) is 1. The number of aromatic nitrogens is 3. The Morgan fingerprint density at radius 1 is 1.45 bits per heavy atom. The Morgan fingerprint density at radius 3 is 2.95 bits per heavy atom. The van der Waals surface area contributed by atoms with Crippen LogP contribution in [-0.2, 0) is 6.54 Å². The summed E-state index contributed by atoms with van der Waals surface area (Å²) in [6.07, 6.45) is 2.39. The summed E-state index contributed by atoms with van der Waals surface area (Å²) in [6, 6.07) is 5.00. The van der Waals surface area contributed by atoms with Crippen LogP contribution < -0.4 is 10.3 Å². The first-order valence-corrected chi connectivity index (χ1v) is 6.29. The smallest absolute Gasteiger partial charge is 0.357 e. The fraction of sp³-hybridized carbons (Fsp3) is 0.143. The molecule has 0 aliphatic rings. The van der Waals surface area contributed by atoms with Gasteiger partial charge in [-0.2, -0.15) is 0 Å². The first kappa shape index (κ1) is 13.8. The van der Waals surface area contributed by atoms with Gasteiger partial charge in [0.05, 0.1) is 24.3 Å². The fourth-order valence-corrected chi connectivity index (χ4v) is 2.01. The minimum Gasteiger partial charge on any atom is -0.497 e. The van der Waals surface area contributed by atoms with Gasteiger partial charge in [0.2, 0.25) is 5.89 Å². The molecule has 2 aromatic heterocycles. The number of oxazole rings is 1. The van der Waals surface area contributed by atoms with E-state index < -0.39 is 5.97 Å². The molecule has 0 aliphatic carbocycles. The minimum absolute atomic E-state index is 0.00768. The molecule has 1 N–H and O–H groups in total. The highest BCUT2D eigenvalue weighted by molar-refractivity contribution is 5.84. The zero-order valence-electron chi connectivity index (χ0n) is 11.5. The SMILES string of the molecule is COc1ccc2ncn(Cc3nc(C(=O)O)co3)c(=O)c2c1. The zero-order chi connectivity index (χ0) is 15.7. The van der Waals surface area contributed by atoms with Gasteiger partial charge in [0.15, 0.2) is 5.69 Å². The third kappa shape index (κ3) is 2.41. The first-order chi connectivity index (χ1) is 10.6. The molecule has 0 aliphatic heterocycles. The molecule has 22 heavy (non-hydrogen) atoms. The number of aromatic carboxylic acids is 1. The van der Waals surface area contributed by atoms with Crippen molar-refractivity contribution >= 4 is 16.9 Å². The van der Waals surface area contributed by atoms with Crippen LogP contribution in [0.2, 0.25) is 0 Å². The predicted octanol–water partition coefficient (Wildman–Crippen LogP) is 1.14. The molecule has 0 bridgehead atoms. The molecule has 3 aromatic rings. The van der Waals surface area contributed by atoms with Gasteiger partial charge in [-0.15, -0.1) is 0 Å². The first-order valence-electron chi connectivity index (χ1n) is 6.29. The summed E-state index contributed by atoms with van der Waals surface area (Å²) in [5.74, 6) is -0.527. The molecule has 112 valence electrons. The van der Waals surface area contributed by atoms with Gasteiger partial charge in [-0.1, -0.05) is 0 Å². The van der Waals surface area contributed by atoms with Crippen LogP contribution in [0, 0.1) is 0 Å². The highest BCUT2D eigenvalue weighted by Gasteiger charge is 2.12. The molecule has 0 spiro atoms. The second kappa shape index (κ2) is 5.32. The zero-order valence-corrected chi connectivity index (χ0v) is 11.5. The molecule has 0 saturated carbocycles. The van der Waals surface area contributed by atoms with Crippen LogP contribution in [0.25, 0.3) is 10.9 Å². The molecular weight excluding hydrogens is 290 g/mol. The van der Waals surface area contributed by atoms with Crippen molar-refractivity contribution in [2.45, 2.75) is 6.54 Å². The van der Waals surface area contributed by atoms with E-state index in [-0.39, 0.29) is 23.7 Å². The molecule has 0 fully saturated rings. The molecule has 0 amide bonds. The Morgan fingerprint density at radius 2 is 2.27 bits per heavy atom. The maximum atomic E-state index is 12.4. The third-order valence-corrected chi connectivity index (χ3v) is 3.11. The van der Waals surface area contributed by atoms with Crippen molar-refractivity contribution in [2.24, 2.45) is 0 Å². The van der Waals surface area contributed by atoms with Gasteiger partial charge >= 0.3 is 5.97 Å². The molecule has 0 saturated heterocycles. The number of benzene rings is 1. The summed E-state index contributed by atoms with van der Waals surface area (Å²) in [5, 5.41) is 9.20. The number of methoxy groups -OCH3 is 1. The van der Waals surface area contributed by atoms with E-state index in [9.17, 15) is 9.59 Å². The van der Waals surface area contributed by atoms with Crippen molar-refractivity contribution < 1.29 is 19.1 Å². The summed E-state index contributed by atoms with van der Waals surface area (Å²) in [6.45, 7) is -0.00768. The highest BCUT2D eigenvalue weighted by atomic mass is 16.5. The number of fused-ring (bicyclic) bond motifs is 1. The molecule has 0 radical (unpaired) electrons. The van der Waals surface area contributed by atoms with E-state index in [0.717, 1.165) is 6.26 Å². The van der Waals surface area contributed by atoms with E-state index in [1.807, 2.05) is 0 Å². The summed E-state index contributed by atoms with van der Waals surface area (Å²) < 4.78 is 11.4. The number of hydrogen-bond donors (Lipinski definition) is 1. The van der Waals surface area contributed by atoms with Gasteiger partial charge in [-0.3, -0.25) is 9.36 Å². The molecule has 8 heteroatoms. The maximum Gasteiger partial charge on any atom is 0.357 e. The molecule has 1 aromatic carbocycles. The lowest BCUT2D eigenvalue weighted by atomic mass is 10.2. The van der Waals surface area contributed by atoms with Crippen molar-refractivity contribution in [3.8, 4) is 5.75 Å². The third-order valence-electron chi connectivity index (χ3n) is 3.11. The van der Waals surface area contributed by atoms with Crippen molar-refractivity contribution in [1.82, 2.24) is 14.5 Å². The van der Waals surface area contributed by atoms with E-state index in [2.05, 4.69) is 9.97 Å². The molecule has 0 atom stereocenters. The minimum atomic E-state index is -1.19. The van der Waals surface area contributed by atoms with Crippen molar-refractivity contribution in [3.05, 3.63) is 52.7 Å². The van der Waals surface area contributed by atoms with Crippen molar-refractivity contribution in [1.29, 1.82) is 0 Å². The number of carboxylic acid groups (broad SMARTS) is 1. The van der Waals surface area contributed by atoms with E-state index in [0.29, 0.717) is 16.7 Å². The second-order valence-electron chi connectivity index (χ2n) is 4.49. The number of rotatable bonds is 4. The standard InChI is InChI=1S/C14H11N3O5/c1-21-8-2-3-10-9(4-8)13(18)17(7-15-10)5-12-16-11(6-22-12)14(19)20/h2-4,6-7H,5H2,1H3,(H,19,20). The molecule has 8 nitrogen and oxygen atoms in total. The number of hydrogen-bond acceptors (Lipinski definition) is 6. The van der Waals surface area contributed by atoms with Gasteiger partial charge in [0.25, 0.3) is 5.56 Å². The second-order valence-corrected chi connectivity index (χ2v) is 4.49. The van der Waals surface area contributed by atoms with E-state index in [4.69, 9.17) is 14.3 Å². The van der Waals surface area contributed by atoms with Gasteiger partial charge in [-0.05, 0) is 18.2 Å². The lowest BCUT2D eigenvalue weighted by Gasteiger charge is -2.05. The van der Waals surface area contributed by atoms with E-state index in [1.165, 1.54) is 18.0 Å². The highest BCUT2D eigenvalue weighted by Crippen LogP contribution is 2.16. The van der Waals surface area contributed by atoms with Crippen molar-refractivity contribution in [3.63, 3.8) is 0 Å². The average molecular weight is 301 g/mol. The quantitative estimate of drug-likeness (QED) is 0.769. The number of carbonyl (C=O) groups is 1. The normalized spacial score (nSPS) is 10.8. The summed E-state index contributed by atoms with van der Waals surface area (Å²) in [5.41, 5.74) is 0.0399. The number of nitrogens with zero attached hydrogens (tertiary/aromatic N) is 3. The van der Waals surface area contributed by atoms with Crippen LogP contribution in [0.5, 0.6) is 5.75 Å². The monoisotopic (exact) mass is 301 g/mol. The van der Waals surface area contributed by atoms with Gasteiger partial charge in [0.1, 0.15) is 18.6 Å². The lowest BCUT2D eigenvalue weighted by molar-refractivity contribution is 0.0690. The Hall–Kier alpha value is -3.16. The predicted molar refractivity (Wildman–Crippen MR) is 75.1 cm³/mol. The van der Waals surface area contributed by atoms with Crippen LogP contribution in [0.1, 0.15) is 16.4 Å². The molecule has 2 heterocycles. The van der Waals surface area contributed by atoms with Crippen LogP contribution in [-0.4, -0.2) is 32.7 Å². The Labute approximate surface area is 123 Å². The molecule has 0 unspecified atom stereocenters. The topological polar surface area (TPSA) is 107 Å². The van der Waals surface area contributed by atoms with Crippen LogP contribution in [0.15, 0.2) is 40.0 Å². The van der Waals surface area contributed by atoms with Crippen LogP contribution in [0.3, 0.4) is 0 Å². The average Bonchev–Trinajstić information content (AvgIpc) is 2.99. The maximum absolute atomic E-state index is 12.4. The summed E-state index contributed by atoms with van der Waals surface area (Å²) in [4.78, 5) is 31.1. The fourth-order valence-electron chi connectivity index (χ4n) is 2.01. The molecule has 3 rings (SSSR count). The Kier molecular flexibility index (Phi) is 3.34. The summed E-state index contributed by atoms with van der Waals surface area (Å²) >= 11 is 0. The summed E-state index contributed by atoms with van der Waals surface area (Å²) in [7, 11) is 1.51. The molecular formula is C14H11N3O5.